The van der Waals surface area contributed by atoms with E-state index in [0.717, 1.165) is 18.8 Å². The number of rotatable bonds is 8. The molecule has 0 aromatic heterocycles. The topological polar surface area (TPSA) is 49.7 Å². The number of benzene rings is 1. The standard InChI is InChI=1S/C14H21BrO3/c1-2-3-4-9-18-12-7-5-11(6-8-12)14(17)13(16)10-15/h5-8,13-14,16-17H,2-4,9-10H2,1H3. The van der Waals surface area contributed by atoms with Crippen molar-refractivity contribution in [3.8, 4) is 5.75 Å². The fourth-order valence-electron chi connectivity index (χ4n) is 1.61. The first-order valence-corrected chi connectivity index (χ1v) is 7.46. The van der Waals surface area contributed by atoms with E-state index < -0.39 is 12.2 Å². The highest BCUT2D eigenvalue weighted by atomic mass is 79.9. The van der Waals surface area contributed by atoms with Crippen LogP contribution in [0.4, 0.5) is 0 Å². The quantitative estimate of drug-likeness (QED) is 0.572. The van der Waals surface area contributed by atoms with Crippen molar-refractivity contribution in [2.45, 2.75) is 38.4 Å². The van der Waals surface area contributed by atoms with Crippen molar-refractivity contribution in [3.63, 3.8) is 0 Å². The zero-order chi connectivity index (χ0) is 13.4. The third-order valence-corrected chi connectivity index (χ3v) is 3.42. The smallest absolute Gasteiger partial charge is 0.119 e. The van der Waals surface area contributed by atoms with Crippen molar-refractivity contribution in [3.05, 3.63) is 29.8 Å². The van der Waals surface area contributed by atoms with E-state index in [9.17, 15) is 10.2 Å². The van der Waals surface area contributed by atoms with Crippen LogP contribution in [0.25, 0.3) is 0 Å². The number of hydrogen-bond donors (Lipinski definition) is 2. The summed E-state index contributed by atoms with van der Waals surface area (Å²) >= 11 is 3.14. The molecule has 0 radical (unpaired) electrons. The Morgan fingerprint density at radius 2 is 1.83 bits per heavy atom. The minimum atomic E-state index is -0.862. The van der Waals surface area contributed by atoms with Crippen LogP contribution in [-0.2, 0) is 0 Å². The molecular formula is C14H21BrO3. The van der Waals surface area contributed by atoms with Crippen LogP contribution in [0.2, 0.25) is 0 Å². The van der Waals surface area contributed by atoms with E-state index in [1.165, 1.54) is 12.8 Å². The molecule has 1 rings (SSSR count). The summed E-state index contributed by atoms with van der Waals surface area (Å²) in [5, 5.41) is 19.7. The first-order chi connectivity index (χ1) is 8.69. The first-order valence-electron chi connectivity index (χ1n) is 6.34. The van der Waals surface area contributed by atoms with Crippen molar-refractivity contribution in [1.82, 2.24) is 0 Å². The number of aliphatic hydroxyl groups excluding tert-OH is 2. The lowest BCUT2D eigenvalue weighted by Gasteiger charge is -2.16. The van der Waals surface area contributed by atoms with Gasteiger partial charge in [0.15, 0.2) is 0 Å². The third-order valence-electron chi connectivity index (χ3n) is 2.76. The zero-order valence-corrected chi connectivity index (χ0v) is 12.3. The highest BCUT2D eigenvalue weighted by Crippen LogP contribution is 2.21. The maximum atomic E-state index is 9.81. The molecule has 0 heterocycles. The van der Waals surface area contributed by atoms with Gasteiger partial charge in [0.1, 0.15) is 11.9 Å². The van der Waals surface area contributed by atoms with Crippen LogP contribution in [0, 0.1) is 0 Å². The average molecular weight is 317 g/mol. The molecule has 0 spiro atoms. The predicted molar refractivity (Wildman–Crippen MR) is 76.2 cm³/mol. The molecule has 0 amide bonds. The zero-order valence-electron chi connectivity index (χ0n) is 10.7. The second-order valence-electron chi connectivity index (χ2n) is 4.29. The SMILES string of the molecule is CCCCCOc1ccc(C(O)C(O)CBr)cc1. The molecule has 0 saturated heterocycles. The Kier molecular flexibility index (Phi) is 7.32. The van der Waals surface area contributed by atoms with E-state index in [1.54, 1.807) is 12.1 Å². The highest BCUT2D eigenvalue weighted by Gasteiger charge is 2.16. The van der Waals surface area contributed by atoms with Crippen LogP contribution in [0.1, 0.15) is 37.9 Å². The summed E-state index contributed by atoms with van der Waals surface area (Å²) in [6.07, 6.45) is 1.76. The van der Waals surface area contributed by atoms with Gasteiger partial charge in [0.05, 0.1) is 12.7 Å². The Hall–Kier alpha value is -0.580. The monoisotopic (exact) mass is 316 g/mol. The Morgan fingerprint density at radius 1 is 1.17 bits per heavy atom. The minimum Gasteiger partial charge on any atom is -0.494 e. The van der Waals surface area contributed by atoms with Crippen LogP contribution in [-0.4, -0.2) is 28.3 Å². The van der Waals surface area contributed by atoms with Gasteiger partial charge in [-0.15, -0.1) is 0 Å². The van der Waals surface area contributed by atoms with Crippen LogP contribution < -0.4 is 4.74 Å². The van der Waals surface area contributed by atoms with Gasteiger partial charge in [-0.3, -0.25) is 0 Å². The van der Waals surface area contributed by atoms with Crippen molar-refractivity contribution >= 4 is 15.9 Å². The summed E-state index contributed by atoms with van der Waals surface area (Å²) in [6.45, 7) is 2.88. The number of unbranched alkanes of at least 4 members (excludes halogenated alkanes) is 2. The summed E-state index contributed by atoms with van der Waals surface area (Å²) < 4.78 is 5.58. The summed E-state index contributed by atoms with van der Waals surface area (Å²) in [4.78, 5) is 0. The molecular weight excluding hydrogens is 296 g/mol. The molecule has 1 aromatic rings. The molecule has 0 aliphatic rings. The second-order valence-corrected chi connectivity index (χ2v) is 4.94. The summed E-state index contributed by atoms with van der Waals surface area (Å²) in [7, 11) is 0. The Balaban J connectivity index is 2.47. The molecule has 2 N–H and O–H groups in total. The maximum Gasteiger partial charge on any atom is 0.119 e. The summed E-state index contributed by atoms with van der Waals surface area (Å²) in [6, 6.07) is 7.22. The normalized spacial score (nSPS) is 14.2. The fraction of sp³-hybridized carbons (Fsp3) is 0.571. The molecule has 0 fully saturated rings. The Labute approximate surface area is 117 Å². The number of ether oxygens (including phenoxy) is 1. The second kappa shape index (κ2) is 8.51. The number of aliphatic hydroxyl groups is 2. The van der Waals surface area contributed by atoms with Gasteiger partial charge in [0, 0.05) is 5.33 Å². The molecule has 3 nitrogen and oxygen atoms in total. The molecule has 1 aromatic carbocycles. The fourth-order valence-corrected chi connectivity index (χ4v) is 1.96. The van der Waals surface area contributed by atoms with Gasteiger partial charge in [-0.2, -0.15) is 0 Å². The minimum absolute atomic E-state index is 0.351. The van der Waals surface area contributed by atoms with Crippen LogP contribution in [0.3, 0.4) is 0 Å². The third kappa shape index (κ3) is 4.96. The van der Waals surface area contributed by atoms with Gasteiger partial charge >= 0.3 is 0 Å². The predicted octanol–water partition coefficient (Wildman–Crippen LogP) is 3.04. The van der Waals surface area contributed by atoms with Gasteiger partial charge in [0.25, 0.3) is 0 Å². The Morgan fingerprint density at radius 3 is 2.39 bits per heavy atom. The number of hydrogen-bond acceptors (Lipinski definition) is 3. The van der Waals surface area contributed by atoms with Gasteiger partial charge in [-0.05, 0) is 24.1 Å². The lowest BCUT2D eigenvalue weighted by Crippen LogP contribution is -2.19. The van der Waals surface area contributed by atoms with Gasteiger partial charge in [0.2, 0.25) is 0 Å². The van der Waals surface area contributed by atoms with Gasteiger partial charge < -0.3 is 14.9 Å². The van der Waals surface area contributed by atoms with Crippen molar-refractivity contribution in [2.75, 3.05) is 11.9 Å². The Bertz CT molecular complexity index is 326. The van der Waals surface area contributed by atoms with Crippen LogP contribution in [0.5, 0.6) is 5.75 Å². The van der Waals surface area contributed by atoms with Gasteiger partial charge in [-0.1, -0.05) is 47.8 Å². The van der Waals surface area contributed by atoms with Crippen LogP contribution >= 0.6 is 15.9 Å². The molecule has 0 aliphatic carbocycles. The number of halogens is 1. The maximum absolute atomic E-state index is 9.81. The lowest BCUT2D eigenvalue weighted by atomic mass is 10.1. The van der Waals surface area contributed by atoms with E-state index in [2.05, 4.69) is 22.9 Å². The molecule has 4 heteroatoms. The summed E-state index contributed by atoms with van der Waals surface area (Å²) in [5.41, 5.74) is 0.697. The molecule has 18 heavy (non-hydrogen) atoms. The molecule has 0 aliphatic heterocycles. The average Bonchev–Trinajstić information content (AvgIpc) is 2.42. The molecule has 102 valence electrons. The highest BCUT2D eigenvalue weighted by molar-refractivity contribution is 9.09. The first kappa shape index (κ1) is 15.5. The van der Waals surface area contributed by atoms with E-state index in [4.69, 9.17) is 4.74 Å². The van der Waals surface area contributed by atoms with Crippen molar-refractivity contribution in [1.29, 1.82) is 0 Å². The number of alkyl halides is 1. The van der Waals surface area contributed by atoms with E-state index in [-0.39, 0.29) is 0 Å². The van der Waals surface area contributed by atoms with E-state index in [1.807, 2.05) is 12.1 Å². The molecule has 0 saturated carbocycles. The van der Waals surface area contributed by atoms with E-state index >= 15 is 0 Å². The largest absolute Gasteiger partial charge is 0.494 e. The van der Waals surface area contributed by atoms with Crippen molar-refractivity contribution < 1.29 is 14.9 Å². The molecule has 2 atom stereocenters. The lowest BCUT2D eigenvalue weighted by molar-refractivity contribution is 0.0342. The van der Waals surface area contributed by atoms with Crippen molar-refractivity contribution in [2.24, 2.45) is 0 Å². The molecule has 2 unspecified atom stereocenters. The van der Waals surface area contributed by atoms with Gasteiger partial charge in [-0.25, -0.2) is 0 Å². The van der Waals surface area contributed by atoms with E-state index in [0.29, 0.717) is 10.9 Å². The van der Waals surface area contributed by atoms with Crippen LogP contribution in [0.15, 0.2) is 24.3 Å². The molecule has 0 bridgehead atoms. The summed E-state index contributed by atoms with van der Waals surface area (Å²) in [5.74, 6) is 0.801.